The molecule has 0 unspecified atom stereocenters. The molecule has 28 heavy (non-hydrogen) atoms. The Morgan fingerprint density at radius 1 is 1.00 bits per heavy atom. The summed E-state index contributed by atoms with van der Waals surface area (Å²) in [5.74, 6) is -2.91. The van der Waals surface area contributed by atoms with Gasteiger partial charge in [-0.25, -0.2) is 8.42 Å². The lowest BCUT2D eigenvalue weighted by molar-refractivity contribution is -0.140. The molecule has 2 amide bonds. The van der Waals surface area contributed by atoms with Crippen molar-refractivity contribution in [2.45, 2.75) is 5.75 Å². The van der Waals surface area contributed by atoms with Crippen molar-refractivity contribution < 1.29 is 27.5 Å². The molecule has 0 saturated carbocycles. The van der Waals surface area contributed by atoms with Crippen molar-refractivity contribution in [3.8, 4) is 0 Å². The zero-order valence-electron chi connectivity index (χ0n) is 14.6. The van der Waals surface area contributed by atoms with E-state index in [4.69, 9.17) is 4.74 Å². The third-order valence-electron chi connectivity index (χ3n) is 4.07. The number of esters is 1. The van der Waals surface area contributed by atoms with Crippen LogP contribution < -0.4 is 0 Å². The number of rotatable bonds is 7. The van der Waals surface area contributed by atoms with Crippen LogP contribution in [0.5, 0.6) is 0 Å². The summed E-state index contributed by atoms with van der Waals surface area (Å²) in [6, 6.07) is 13.2. The van der Waals surface area contributed by atoms with Gasteiger partial charge in [-0.1, -0.05) is 40.2 Å². The first kappa shape index (κ1) is 20.2. The number of hydrogen-bond donors (Lipinski definition) is 0. The van der Waals surface area contributed by atoms with Gasteiger partial charge in [-0.15, -0.1) is 0 Å². The highest BCUT2D eigenvalue weighted by molar-refractivity contribution is 9.10. The summed E-state index contributed by atoms with van der Waals surface area (Å²) in [4.78, 5) is 37.3. The molecule has 0 aromatic heterocycles. The smallest absolute Gasteiger partial charge is 0.321 e. The van der Waals surface area contributed by atoms with E-state index in [-0.39, 0.29) is 18.9 Å². The normalized spacial score (nSPS) is 13.5. The Morgan fingerprint density at radius 3 is 2.25 bits per heavy atom. The number of fused-ring (bicyclic) bond motifs is 1. The predicted molar refractivity (Wildman–Crippen MR) is 104 cm³/mol. The highest BCUT2D eigenvalue weighted by atomic mass is 79.9. The van der Waals surface area contributed by atoms with Gasteiger partial charge in [-0.3, -0.25) is 19.3 Å². The Bertz CT molecular complexity index is 1010. The van der Waals surface area contributed by atoms with E-state index in [1.165, 1.54) is 0 Å². The highest BCUT2D eigenvalue weighted by Crippen LogP contribution is 2.22. The van der Waals surface area contributed by atoms with Crippen LogP contribution in [0.15, 0.2) is 53.0 Å². The van der Waals surface area contributed by atoms with Gasteiger partial charge < -0.3 is 4.74 Å². The number of carbonyl (C=O) groups excluding carboxylic acids is 3. The Hall–Kier alpha value is -2.52. The monoisotopic (exact) mass is 465 g/mol. The van der Waals surface area contributed by atoms with Crippen LogP contribution in [0.1, 0.15) is 26.3 Å². The topological polar surface area (TPSA) is 97.8 Å². The molecule has 7 nitrogen and oxygen atoms in total. The minimum absolute atomic E-state index is 0.135. The average molecular weight is 466 g/mol. The summed E-state index contributed by atoms with van der Waals surface area (Å²) < 4.78 is 30.0. The van der Waals surface area contributed by atoms with Crippen molar-refractivity contribution in [1.82, 2.24) is 4.90 Å². The van der Waals surface area contributed by atoms with Gasteiger partial charge in [0.1, 0.15) is 12.4 Å². The van der Waals surface area contributed by atoms with Crippen LogP contribution in [-0.4, -0.2) is 50.0 Å². The largest absolute Gasteiger partial charge is 0.463 e. The third-order valence-corrected chi connectivity index (χ3v) is 6.01. The lowest BCUT2D eigenvalue weighted by Crippen LogP contribution is -2.34. The number of benzene rings is 2. The second-order valence-electron chi connectivity index (χ2n) is 6.19. The zero-order chi connectivity index (χ0) is 20.3. The summed E-state index contributed by atoms with van der Waals surface area (Å²) in [6.07, 6.45) is 0. The molecule has 0 bridgehead atoms. The van der Waals surface area contributed by atoms with E-state index in [1.54, 1.807) is 48.5 Å². The first-order valence-corrected chi connectivity index (χ1v) is 10.9. The van der Waals surface area contributed by atoms with E-state index in [0.717, 1.165) is 9.37 Å². The van der Waals surface area contributed by atoms with Crippen molar-refractivity contribution in [2.75, 3.05) is 18.9 Å². The number of amides is 2. The summed E-state index contributed by atoms with van der Waals surface area (Å²) in [5, 5.41) is 0. The zero-order valence-corrected chi connectivity index (χ0v) is 17.0. The number of imide groups is 1. The van der Waals surface area contributed by atoms with Gasteiger partial charge in [0.25, 0.3) is 11.8 Å². The van der Waals surface area contributed by atoms with Gasteiger partial charge in [0.15, 0.2) is 9.84 Å². The van der Waals surface area contributed by atoms with Crippen LogP contribution in [0.25, 0.3) is 0 Å². The molecular formula is C19H16BrNO6S. The van der Waals surface area contributed by atoms with E-state index in [1.807, 2.05) is 0 Å². The Balaban J connectivity index is 1.51. The van der Waals surface area contributed by atoms with E-state index in [2.05, 4.69) is 15.9 Å². The first-order chi connectivity index (χ1) is 13.3. The average Bonchev–Trinajstić information content (AvgIpc) is 2.86. The quantitative estimate of drug-likeness (QED) is 0.459. The number of halogens is 1. The maximum atomic E-state index is 12.2. The molecule has 0 saturated heterocycles. The minimum atomic E-state index is -3.71. The van der Waals surface area contributed by atoms with Gasteiger partial charge >= 0.3 is 5.97 Å². The number of hydrogen-bond acceptors (Lipinski definition) is 6. The van der Waals surface area contributed by atoms with Crippen LogP contribution in [0, 0.1) is 0 Å². The molecule has 0 fully saturated rings. The van der Waals surface area contributed by atoms with Crippen LogP contribution >= 0.6 is 15.9 Å². The molecule has 0 aliphatic carbocycles. The molecular weight excluding hydrogens is 450 g/mol. The summed E-state index contributed by atoms with van der Waals surface area (Å²) in [7, 11) is -3.71. The van der Waals surface area contributed by atoms with Gasteiger partial charge in [0, 0.05) is 4.47 Å². The molecule has 1 aliphatic rings. The van der Waals surface area contributed by atoms with Crippen LogP contribution in [0.3, 0.4) is 0 Å². The van der Waals surface area contributed by atoms with Gasteiger partial charge in [0.2, 0.25) is 0 Å². The lowest BCUT2D eigenvalue weighted by atomic mass is 10.1. The standard InChI is InChI=1S/C19H16BrNO6S/c20-14-5-3-4-13(10-14)11-28(25,26)12-17(22)27-9-8-21-18(23)15-6-1-2-7-16(15)19(21)24/h1-7,10H,8-9,11-12H2. The maximum Gasteiger partial charge on any atom is 0.321 e. The Morgan fingerprint density at radius 2 is 1.64 bits per heavy atom. The van der Waals surface area contributed by atoms with Crippen LogP contribution in [-0.2, 0) is 25.1 Å². The molecule has 3 rings (SSSR count). The molecule has 0 spiro atoms. The maximum absolute atomic E-state index is 12.2. The predicted octanol–water partition coefficient (Wildman–Crippen LogP) is 2.20. The number of sulfone groups is 1. The van der Waals surface area contributed by atoms with E-state index in [0.29, 0.717) is 16.7 Å². The molecule has 2 aromatic carbocycles. The summed E-state index contributed by atoms with van der Waals surface area (Å²) in [5.41, 5.74) is 1.15. The van der Waals surface area contributed by atoms with Crippen molar-refractivity contribution in [2.24, 2.45) is 0 Å². The Labute approximate surface area is 170 Å². The Kier molecular flexibility index (Phi) is 5.95. The van der Waals surface area contributed by atoms with Crippen molar-refractivity contribution in [3.05, 3.63) is 69.7 Å². The molecule has 146 valence electrons. The molecule has 0 N–H and O–H groups in total. The molecule has 1 heterocycles. The molecule has 1 aliphatic heterocycles. The molecule has 2 aromatic rings. The lowest BCUT2D eigenvalue weighted by Gasteiger charge is -2.13. The highest BCUT2D eigenvalue weighted by Gasteiger charge is 2.34. The van der Waals surface area contributed by atoms with Crippen LogP contribution in [0.2, 0.25) is 0 Å². The van der Waals surface area contributed by atoms with Crippen LogP contribution in [0.4, 0.5) is 0 Å². The summed E-state index contributed by atoms with van der Waals surface area (Å²) in [6.45, 7) is -0.402. The second-order valence-corrected chi connectivity index (χ2v) is 9.17. The fraction of sp³-hybridized carbons (Fsp3) is 0.211. The van der Waals surface area contributed by atoms with Gasteiger partial charge in [-0.05, 0) is 29.8 Å². The van der Waals surface area contributed by atoms with Crippen molar-refractivity contribution >= 4 is 43.6 Å². The molecule has 9 heteroatoms. The second kappa shape index (κ2) is 8.24. The van der Waals surface area contributed by atoms with Gasteiger partial charge in [0.05, 0.1) is 23.4 Å². The van der Waals surface area contributed by atoms with Gasteiger partial charge in [-0.2, -0.15) is 0 Å². The minimum Gasteiger partial charge on any atom is -0.463 e. The molecule has 0 radical (unpaired) electrons. The van der Waals surface area contributed by atoms with Crippen molar-refractivity contribution in [1.29, 1.82) is 0 Å². The fourth-order valence-corrected chi connectivity index (χ4v) is 4.52. The number of carbonyl (C=O) groups is 3. The fourth-order valence-electron chi connectivity index (χ4n) is 2.85. The van der Waals surface area contributed by atoms with Crippen molar-refractivity contribution in [3.63, 3.8) is 0 Å². The SMILES string of the molecule is O=C(CS(=O)(=O)Cc1cccc(Br)c1)OCCN1C(=O)c2ccccc2C1=O. The van der Waals surface area contributed by atoms with E-state index < -0.39 is 33.4 Å². The van der Waals surface area contributed by atoms with E-state index in [9.17, 15) is 22.8 Å². The third kappa shape index (κ3) is 4.66. The number of nitrogens with zero attached hydrogens (tertiary/aromatic N) is 1. The number of ether oxygens (including phenoxy) is 1. The first-order valence-electron chi connectivity index (χ1n) is 8.32. The van der Waals surface area contributed by atoms with E-state index >= 15 is 0 Å². The molecule has 0 atom stereocenters. The summed E-state index contributed by atoms with van der Waals surface area (Å²) >= 11 is 3.26.